The number of ether oxygens (including phenoxy) is 1. The summed E-state index contributed by atoms with van der Waals surface area (Å²) in [5, 5.41) is 8.91. The largest absolute Gasteiger partial charge is 0.480 e. The van der Waals surface area contributed by atoms with Gasteiger partial charge >= 0.3 is 5.97 Å². The third kappa shape index (κ3) is 5.02. The van der Waals surface area contributed by atoms with Crippen molar-refractivity contribution in [2.75, 3.05) is 26.7 Å². The van der Waals surface area contributed by atoms with Gasteiger partial charge in [-0.1, -0.05) is 0 Å². The van der Waals surface area contributed by atoms with Crippen LogP contribution in [0.3, 0.4) is 0 Å². The number of hydrogen-bond donors (Lipinski definition) is 2. The van der Waals surface area contributed by atoms with Crippen molar-refractivity contribution in [1.29, 1.82) is 0 Å². The maximum Gasteiger partial charge on any atom is 0.323 e. The standard InChI is InChI=1S/C12H24N2O3/c1-12(13,11(15)16)6-7-14(2)9-10-5-3-4-8-17-10/h10H,3-9,13H2,1-2H3,(H,15,16). The van der Waals surface area contributed by atoms with Crippen LogP contribution in [0.4, 0.5) is 0 Å². The third-order valence-electron chi connectivity index (χ3n) is 3.29. The topological polar surface area (TPSA) is 75.8 Å². The third-order valence-corrected chi connectivity index (χ3v) is 3.29. The number of likely N-dealkylation sites (N-methyl/N-ethyl adjacent to an activating group) is 1. The first-order chi connectivity index (χ1) is 7.92. The molecule has 1 aliphatic rings. The fourth-order valence-electron chi connectivity index (χ4n) is 1.92. The van der Waals surface area contributed by atoms with E-state index in [1.807, 2.05) is 7.05 Å². The molecule has 1 fully saturated rings. The van der Waals surface area contributed by atoms with Crippen molar-refractivity contribution < 1.29 is 14.6 Å². The van der Waals surface area contributed by atoms with Crippen molar-refractivity contribution in [1.82, 2.24) is 4.90 Å². The van der Waals surface area contributed by atoms with Crippen LogP contribution in [-0.2, 0) is 9.53 Å². The zero-order valence-electron chi connectivity index (χ0n) is 10.8. The molecule has 0 radical (unpaired) electrons. The Morgan fingerprint density at radius 2 is 2.29 bits per heavy atom. The quantitative estimate of drug-likeness (QED) is 0.718. The van der Waals surface area contributed by atoms with E-state index < -0.39 is 11.5 Å². The van der Waals surface area contributed by atoms with Gasteiger partial charge in [-0.15, -0.1) is 0 Å². The van der Waals surface area contributed by atoms with Crippen LogP contribution in [0.15, 0.2) is 0 Å². The lowest BCUT2D eigenvalue weighted by Crippen LogP contribution is -2.47. The fourth-order valence-corrected chi connectivity index (χ4v) is 1.92. The zero-order valence-corrected chi connectivity index (χ0v) is 10.8. The van der Waals surface area contributed by atoms with Gasteiger partial charge in [0.05, 0.1) is 6.10 Å². The molecule has 17 heavy (non-hydrogen) atoms. The summed E-state index contributed by atoms with van der Waals surface area (Å²) in [5.41, 5.74) is 4.55. The van der Waals surface area contributed by atoms with Crippen molar-refractivity contribution >= 4 is 5.97 Å². The molecule has 1 heterocycles. The van der Waals surface area contributed by atoms with Gasteiger partial charge in [-0.3, -0.25) is 4.79 Å². The second-order valence-electron chi connectivity index (χ2n) is 5.22. The molecule has 0 aromatic carbocycles. The molecule has 0 aromatic rings. The van der Waals surface area contributed by atoms with Gasteiger partial charge in [0.2, 0.25) is 0 Å². The van der Waals surface area contributed by atoms with Crippen LogP contribution in [0.1, 0.15) is 32.6 Å². The highest BCUT2D eigenvalue weighted by molar-refractivity contribution is 5.77. The van der Waals surface area contributed by atoms with Crippen LogP contribution in [0.25, 0.3) is 0 Å². The van der Waals surface area contributed by atoms with E-state index in [1.54, 1.807) is 6.92 Å². The predicted octanol–water partition coefficient (Wildman–Crippen LogP) is 0.679. The Kier molecular flexibility index (Phi) is 5.36. The lowest BCUT2D eigenvalue weighted by molar-refractivity contribution is -0.143. The lowest BCUT2D eigenvalue weighted by Gasteiger charge is -2.29. The molecule has 0 spiro atoms. The Labute approximate surface area is 103 Å². The highest BCUT2D eigenvalue weighted by Gasteiger charge is 2.28. The molecule has 0 amide bonds. The molecular formula is C12H24N2O3. The summed E-state index contributed by atoms with van der Waals surface area (Å²) >= 11 is 0. The van der Waals surface area contributed by atoms with Gasteiger partial charge in [0.25, 0.3) is 0 Å². The Hall–Kier alpha value is -0.650. The summed E-state index contributed by atoms with van der Waals surface area (Å²) in [4.78, 5) is 13.0. The van der Waals surface area contributed by atoms with Crippen molar-refractivity contribution in [3.8, 4) is 0 Å². The van der Waals surface area contributed by atoms with Gasteiger partial charge in [0, 0.05) is 19.7 Å². The number of nitrogens with zero attached hydrogens (tertiary/aromatic N) is 1. The number of carboxylic acid groups (broad SMARTS) is 1. The molecule has 0 saturated carbocycles. The predicted molar refractivity (Wildman–Crippen MR) is 65.9 cm³/mol. The van der Waals surface area contributed by atoms with Crippen LogP contribution in [-0.4, -0.2) is 54.4 Å². The molecular weight excluding hydrogens is 220 g/mol. The highest BCUT2D eigenvalue weighted by atomic mass is 16.5. The number of nitrogens with two attached hydrogens (primary N) is 1. The molecule has 5 heteroatoms. The molecule has 2 unspecified atom stereocenters. The van der Waals surface area contributed by atoms with Crippen LogP contribution >= 0.6 is 0 Å². The summed E-state index contributed by atoms with van der Waals surface area (Å²) in [6, 6.07) is 0. The number of rotatable bonds is 6. The average molecular weight is 244 g/mol. The Morgan fingerprint density at radius 1 is 1.59 bits per heavy atom. The van der Waals surface area contributed by atoms with Crippen LogP contribution in [0.2, 0.25) is 0 Å². The van der Waals surface area contributed by atoms with Crippen molar-refractivity contribution in [3.63, 3.8) is 0 Å². The molecule has 1 saturated heterocycles. The highest BCUT2D eigenvalue weighted by Crippen LogP contribution is 2.14. The van der Waals surface area contributed by atoms with Crippen molar-refractivity contribution in [2.45, 2.75) is 44.2 Å². The maximum absolute atomic E-state index is 10.9. The van der Waals surface area contributed by atoms with E-state index in [0.29, 0.717) is 19.1 Å². The Bertz CT molecular complexity index is 250. The first kappa shape index (κ1) is 14.4. The van der Waals surface area contributed by atoms with Gasteiger partial charge in [-0.05, 0) is 39.7 Å². The van der Waals surface area contributed by atoms with Crippen molar-refractivity contribution in [3.05, 3.63) is 0 Å². The van der Waals surface area contributed by atoms with Crippen molar-refractivity contribution in [2.24, 2.45) is 5.73 Å². The Balaban J connectivity index is 2.24. The second kappa shape index (κ2) is 6.33. The average Bonchev–Trinajstić information content (AvgIpc) is 2.28. The second-order valence-corrected chi connectivity index (χ2v) is 5.22. The minimum absolute atomic E-state index is 0.294. The molecule has 0 aromatic heterocycles. The van der Waals surface area contributed by atoms with E-state index in [1.165, 1.54) is 6.42 Å². The van der Waals surface area contributed by atoms with E-state index in [4.69, 9.17) is 15.6 Å². The molecule has 3 N–H and O–H groups in total. The molecule has 0 aliphatic carbocycles. The van der Waals surface area contributed by atoms with E-state index in [0.717, 1.165) is 26.0 Å². The minimum Gasteiger partial charge on any atom is -0.480 e. The van der Waals surface area contributed by atoms with E-state index in [2.05, 4.69) is 4.90 Å². The van der Waals surface area contributed by atoms with Gasteiger partial charge < -0.3 is 20.5 Å². The molecule has 1 aliphatic heterocycles. The Morgan fingerprint density at radius 3 is 2.82 bits per heavy atom. The van der Waals surface area contributed by atoms with E-state index >= 15 is 0 Å². The van der Waals surface area contributed by atoms with Crippen LogP contribution in [0, 0.1) is 0 Å². The van der Waals surface area contributed by atoms with E-state index in [-0.39, 0.29) is 0 Å². The van der Waals surface area contributed by atoms with Gasteiger partial charge in [-0.25, -0.2) is 0 Å². The summed E-state index contributed by atoms with van der Waals surface area (Å²) in [6.45, 7) is 3.94. The first-order valence-electron chi connectivity index (χ1n) is 6.24. The number of carboxylic acids is 1. The normalized spacial score (nSPS) is 24.6. The molecule has 1 rings (SSSR count). The monoisotopic (exact) mass is 244 g/mol. The molecule has 100 valence electrons. The van der Waals surface area contributed by atoms with Gasteiger partial charge in [0.1, 0.15) is 5.54 Å². The van der Waals surface area contributed by atoms with Gasteiger partial charge in [0.15, 0.2) is 0 Å². The first-order valence-corrected chi connectivity index (χ1v) is 6.24. The smallest absolute Gasteiger partial charge is 0.323 e. The SMILES string of the molecule is CN(CCC(C)(N)C(=O)O)CC1CCCCO1. The molecule has 5 nitrogen and oxygen atoms in total. The lowest BCUT2D eigenvalue weighted by atomic mass is 9.99. The van der Waals surface area contributed by atoms with E-state index in [9.17, 15) is 4.79 Å². The summed E-state index contributed by atoms with van der Waals surface area (Å²) in [5.74, 6) is -0.945. The zero-order chi connectivity index (χ0) is 12.9. The summed E-state index contributed by atoms with van der Waals surface area (Å²) in [7, 11) is 1.98. The van der Waals surface area contributed by atoms with Crippen LogP contribution < -0.4 is 5.73 Å². The number of aliphatic carboxylic acids is 1. The summed E-state index contributed by atoms with van der Waals surface area (Å²) in [6.07, 6.45) is 4.22. The minimum atomic E-state index is -1.14. The van der Waals surface area contributed by atoms with Gasteiger partial charge in [-0.2, -0.15) is 0 Å². The maximum atomic E-state index is 10.9. The molecule has 2 atom stereocenters. The molecule has 0 bridgehead atoms. The number of carbonyl (C=O) groups is 1. The van der Waals surface area contributed by atoms with Crippen LogP contribution in [0.5, 0.6) is 0 Å². The fraction of sp³-hybridized carbons (Fsp3) is 0.917. The summed E-state index contributed by atoms with van der Waals surface area (Å²) < 4.78 is 5.64. The number of hydrogen-bond acceptors (Lipinski definition) is 4.